The van der Waals surface area contributed by atoms with E-state index in [1.807, 2.05) is 24.4 Å². The first kappa shape index (κ1) is 22.9. The molecular weight excluding hydrogens is 429 g/mol. The minimum Gasteiger partial charge on any atom is -0.492 e. The molecule has 0 radical (unpaired) electrons. The van der Waals surface area contributed by atoms with E-state index in [9.17, 15) is 9.18 Å². The molecule has 2 unspecified atom stereocenters. The number of hydrogen-bond donors (Lipinski definition) is 3. The number of benzene rings is 2. The first-order valence-electron chi connectivity index (χ1n) is 12.7. The molecule has 34 heavy (non-hydrogen) atoms. The molecule has 2 aromatic carbocycles. The first-order valence-corrected chi connectivity index (χ1v) is 12.7. The average Bonchev–Trinajstić information content (AvgIpc) is 3.21. The third-order valence-electron chi connectivity index (χ3n) is 7.43. The van der Waals surface area contributed by atoms with Crippen LogP contribution >= 0.6 is 0 Å². The summed E-state index contributed by atoms with van der Waals surface area (Å²) in [6.07, 6.45) is 9.38. The Morgan fingerprint density at radius 2 is 2.15 bits per heavy atom. The highest BCUT2D eigenvalue weighted by Gasteiger charge is 2.31. The van der Waals surface area contributed by atoms with Crippen LogP contribution in [0.2, 0.25) is 0 Å². The van der Waals surface area contributed by atoms with Gasteiger partial charge in [-0.3, -0.25) is 4.79 Å². The molecule has 1 aliphatic carbocycles. The Labute approximate surface area is 200 Å². The zero-order valence-corrected chi connectivity index (χ0v) is 19.8. The van der Waals surface area contributed by atoms with Crippen LogP contribution < -0.4 is 15.4 Å². The molecule has 180 valence electrons. The Bertz CT molecular complexity index is 1150. The molecule has 5 nitrogen and oxygen atoms in total. The van der Waals surface area contributed by atoms with E-state index >= 15 is 0 Å². The van der Waals surface area contributed by atoms with Crippen LogP contribution in [0.1, 0.15) is 60.5 Å². The maximum absolute atomic E-state index is 13.8. The van der Waals surface area contributed by atoms with Crippen molar-refractivity contribution in [3.63, 3.8) is 0 Å². The summed E-state index contributed by atoms with van der Waals surface area (Å²) in [4.78, 5) is 16.0. The minimum atomic E-state index is -0.196. The highest BCUT2D eigenvalue weighted by atomic mass is 19.1. The van der Waals surface area contributed by atoms with Gasteiger partial charge in [-0.1, -0.05) is 19.4 Å². The number of carbonyl (C=O) groups is 1. The fraction of sp³-hybridized carbons (Fsp3) is 0.464. The molecule has 0 saturated heterocycles. The standard InChI is InChI=1S/C28H34FN3O2/c1-2-13-30-28(33)22-7-4-8-27-24(22)15-21(17-34-27)32-25(18-5-3-6-18)11-9-19-16-31-26-12-10-20(29)14-23(19)26/h4,7-8,10,12,14,16,18,21,25,31-32H,2-3,5-6,9,11,13,15,17H2,1H3,(H,30,33). The fourth-order valence-electron chi connectivity index (χ4n) is 5.33. The molecule has 0 spiro atoms. The lowest BCUT2D eigenvalue weighted by Gasteiger charge is -2.38. The van der Waals surface area contributed by atoms with Crippen LogP contribution in [0.15, 0.2) is 42.6 Å². The number of H-pyrrole nitrogens is 1. The quantitative estimate of drug-likeness (QED) is 0.412. The van der Waals surface area contributed by atoms with Gasteiger partial charge in [0.25, 0.3) is 5.91 Å². The van der Waals surface area contributed by atoms with Gasteiger partial charge in [-0.2, -0.15) is 0 Å². The summed E-state index contributed by atoms with van der Waals surface area (Å²) < 4.78 is 19.9. The van der Waals surface area contributed by atoms with Crippen molar-refractivity contribution in [2.45, 2.75) is 64.0 Å². The topological polar surface area (TPSA) is 66.2 Å². The van der Waals surface area contributed by atoms with Crippen molar-refractivity contribution in [3.05, 3.63) is 65.1 Å². The molecule has 3 N–H and O–H groups in total. The monoisotopic (exact) mass is 463 g/mol. The Morgan fingerprint density at radius 3 is 2.94 bits per heavy atom. The summed E-state index contributed by atoms with van der Waals surface area (Å²) in [6.45, 7) is 3.33. The first-order chi connectivity index (χ1) is 16.6. The molecule has 5 rings (SSSR count). The summed E-state index contributed by atoms with van der Waals surface area (Å²) in [5.74, 6) is 1.26. The van der Waals surface area contributed by atoms with Gasteiger partial charge in [-0.15, -0.1) is 0 Å². The van der Waals surface area contributed by atoms with Crippen LogP contribution in [0.5, 0.6) is 5.75 Å². The maximum Gasteiger partial charge on any atom is 0.251 e. The maximum atomic E-state index is 13.8. The van der Waals surface area contributed by atoms with E-state index in [4.69, 9.17) is 4.74 Å². The van der Waals surface area contributed by atoms with Crippen LogP contribution in [0.3, 0.4) is 0 Å². The number of carbonyl (C=O) groups excluding carboxylic acids is 1. The number of rotatable bonds is 9. The normalized spacial score (nSPS) is 18.7. The zero-order valence-electron chi connectivity index (χ0n) is 19.8. The molecule has 1 amide bonds. The number of aromatic amines is 1. The van der Waals surface area contributed by atoms with Crippen LogP contribution in [0.4, 0.5) is 4.39 Å². The van der Waals surface area contributed by atoms with Crippen molar-refractivity contribution in [3.8, 4) is 5.75 Å². The van der Waals surface area contributed by atoms with Gasteiger partial charge in [0, 0.05) is 46.9 Å². The van der Waals surface area contributed by atoms with E-state index in [1.54, 1.807) is 12.1 Å². The van der Waals surface area contributed by atoms with Crippen molar-refractivity contribution in [2.24, 2.45) is 5.92 Å². The smallest absolute Gasteiger partial charge is 0.251 e. The number of hydrogen-bond acceptors (Lipinski definition) is 3. The number of fused-ring (bicyclic) bond motifs is 2. The number of aryl methyl sites for hydroxylation is 1. The van der Waals surface area contributed by atoms with E-state index in [0.29, 0.717) is 25.1 Å². The molecule has 1 fully saturated rings. The van der Waals surface area contributed by atoms with Gasteiger partial charge >= 0.3 is 0 Å². The molecule has 2 aliphatic rings. The number of halogens is 1. The van der Waals surface area contributed by atoms with Crippen molar-refractivity contribution in [2.75, 3.05) is 13.2 Å². The fourth-order valence-corrected chi connectivity index (χ4v) is 5.33. The number of amides is 1. The van der Waals surface area contributed by atoms with E-state index < -0.39 is 0 Å². The highest BCUT2D eigenvalue weighted by molar-refractivity contribution is 5.96. The summed E-state index contributed by atoms with van der Waals surface area (Å²) in [7, 11) is 0. The lowest BCUT2D eigenvalue weighted by molar-refractivity contribution is 0.0950. The van der Waals surface area contributed by atoms with Gasteiger partial charge < -0.3 is 20.4 Å². The molecule has 1 aromatic heterocycles. The van der Waals surface area contributed by atoms with Crippen molar-refractivity contribution >= 4 is 16.8 Å². The van der Waals surface area contributed by atoms with Crippen LogP contribution in [-0.2, 0) is 12.8 Å². The molecule has 3 aromatic rings. The molecule has 0 bridgehead atoms. The van der Waals surface area contributed by atoms with E-state index in [-0.39, 0.29) is 17.8 Å². The van der Waals surface area contributed by atoms with E-state index in [0.717, 1.165) is 53.5 Å². The van der Waals surface area contributed by atoms with Gasteiger partial charge in [0.2, 0.25) is 0 Å². The Hall–Kier alpha value is -2.86. The molecular formula is C28H34FN3O2. The molecule has 6 heteroatoms. The lowest BCUT2D eigenvalue weighted by atomic mass is 9.77. The average molecular weight is 464 g/mol. The third kappa shape index (κ3) is 4.83. The highest BCUT2D eigenvalue weighted by Crippen LogP contribution is 2.34. The zero-order chi connectivity index (χ0) is 23.5. The van der Waals surface area contributed by atoms with Crippen LogP contribution in [-0.4, -0.2) is 36.1 Å². The van der Waals surface area contributed by atoms with Crippen molar-refractivity contribution in [1.82, 2.24) is 15.6 Å². The summed E-state index contributed by atoms with van der Waals surface area (Å²) in [5, 5.41) is 7.87. The number of aromatic nitrogens is 1. The minimum absolute atomic E-state index is 0.0231. The van der Waals surface area contributed by atoms with Gasteiger partial charge in [0.05, 0.1) is 0 Å². The van der Waals surface area contributed by atoms with Crippen LogP contribution in [0, 0.1) is 11.7 Å². The molecule has 2 heterocycles. The van der Waals surface area contributed by atoms with Gasteiger partial charge in [-0.05, 0) is 80.3 Å². The second kappa shape index (κ2) is 10.2. The predicted molar refractivity (Wildman–Crippen MR) is 133 cm³/mol. The lowest BCUT2D eigenvalue weighted by Crippen LogP contribution is -2.49. The molecule has 2 atom stereocenters. The van der Waals surface area contributed by atoms with E-state index in [2.05, 4.69) is 22.5 Å². The SMILES string of the molecule is CCCNC(=O)c1cccc2c1CC(NC(CCc1c[nH]c3ccc(F)cc13)C1CCC1)CO2. The Kier molecular flexibility index (Phi) is 6.86. The molecule has 1 saturated carbocycles. The third-order valence-corrected chi connectivity index (χ3v) is 7.43. The number of nitrogens with one attached hydrogen (secondary N) is 3. The van der Waals surface area contributed by atoms with Gasteiger partial charge in [0.1, 0.15) is 18.2 Å². The summed E-state index contributed by atoms with van der Waals surface area (Å²) in [6, 6.07) is 11.2. The second-order valence-electron chi connectivity index (χ2n) is 9.76. The summed E-state index contributed by atoms with van der Waals surface area (Å²) in [5.41, 5.74) is 3.87. The Balaban J connectivity index is 1.28. The second-order valence-corrected chi connectivity index (χ2v) is 9.76. The van der Waals surface area contributed by atoms with Crippen LogP contribution in [0.25, 0.3) is 10.9 Å². The van der Waals surface area contributed by atoms with E-state index in [1.165, 1.54) is 30.9 Å². The van der Waals surface area contributed by atoms with Crippen molar-refractivity contribution in [1.29, 1.82) is 0 Å². The largest absolute Gasteiger partial charge is 0.492 e. The van der Waals surface area contributed by atoms with Gasteiger partial charge in [-0.25, -0.2) is 4.39 Å². The molecule has 1 aliphatic heterocycles. The predicted octanol–water partition coefficient (Wildman–Crippen LogP) is 5.14. The number of ether oxygens (including phenoxy) is 1. The van der Waals surface area contributed by atoms with Gasteiger partial charge in [0.15, 0.2) is 0 Å². The summed E-state index contributed by atoms with van der Waals surface area (Å²) >= 11 is 0. The Morgan fingerprint density at radius 1 is 1.26 bits per heavy atom. The van der Waals surface area contributed by atoms with Crippen molar-refractivity contribution < 1.29 is 13.9 Å².